The molecule has 1 rings (SSSR count). The normalized spacial score (nSPS) is 24.8. The average molecular weight is 198 g/mol. The smallest absolute Gasteiger partial charge is 0.227 e. The van der Waals surface area contributed by atoms with Gasteiger partial charge in [0.1, 0.15) is 0 Å². The van der Waals surface area contributed by atoms with Crippen LogP contribution in [0.2, 0.25) is 0 Å². The molecule has 1 heterocycles. The zero-order valence-electron chi connectivity index (χ0n) is 9.33. The third-order valence-corrected chi connectivity index (χ3v) is 3.21. The molecule has 2 atom stereocenters. The Hall–Kier alpha value is -0.570. The molecule has 1 aliphatic heterocycles. The van der Waals surface area contributed by atoms with Crippen molar-refractivity contribution in [3.05, 3.63) is 0 Å². The van der Waals surface area contributed by atoms with Crippen LogP contribution >= 0.6 is 0 Å². The zero-order chi connectivity index (χ0) is 10.6. The van der Waals surface area contributed by atoms with E-state index in [9.17, 15) is 4.79 Å². The fourth-order valence-electron chi connectivity index (χ4n) is 2.10. The Labute approximate surface area is 86.6 Å². The lowest BCUT2D eigenvalue weighted by Gasteiger charge is -2.35. The first-order chi connectivity index (χ1) is 6.70. The van der Waals surface area contributed by atoms with E-state index in [-0.39, 0.29) is 11.8 Å². The van der Waals surface area contributed by atoms with Crippen LogP contribution in [0, 0.1) is 5.92 Å². The van der Waals surface area contributed by atoms with Gasteiger partial charge in [0, 0.05) is 19.1 Å². The van der Waals surface area contributed by atoms with Crippen molar-refractivity contribution in [3.63, 3.8) is 0 Å². The Morgan fingerprint density at radius 3 is 2.79 bits per heavy atom. The van der Waals surface area contributed by atoms with Crippen molar-refractivity contribution in [2.45, 2.75) is 45.6 Å². The van der Waals surface area contributed by atoms with Gasteiger partial charge in [0.25, 0.3) is 0 Å². The van der Waals surface area contributed by atoms with Gasteiger partial charge in [-0.3, -0.25) is 4.79 Å². The topological polar surface area (TPSA) is 46.3 Å². The maximum atomic E-state index is 12.0. The Balaban J connectivity index is 2.57. The van der Waals surface area contributed by atoms with Gasteiger partial charge in [0.2, 0.25) is 5.91 Å². The summed E-state index contributed by atoms with van der Waals surface area (Å²) in [5.74, 6) is 0.303. The van der Waals surface area contributed by atoms with E-state index in [0.717, 1.165) is 25.8 Å². The Morgan fingerprint density at radius 1 is 1.57 bits per heavy atom. The lowest BCUT2D eigenvalue weighted by molar-refractivity contribution is -0.138. The first kappa shape index (κ1) is 11.5. The van der Waals surface area contributed by atoms with Crippen molar-refractivity contribution in [1.82, 2.24) is 4.90 Å². The molecule has 1 aliphatic rings. The van der Waals surface area contributed by atoms with Gasteiger partial charge in [0.05, 0.1) is 5.92 Å². The summed E-state index contributed by atoms with van der Waals surface area (Å²) in [6, 6.07) is 0.414. The summed E-state index contributed by atoms with van der Waals surface area (Å²) in [7, 11) is 0. The van der Waals surface area contributed by atoms with Gasteiger partial charge in [-0.05, 0) is 32.6 Å². The number of piperidine rings is 1. The van der Waals surface area contributed by atoms with E-state index in [1.807, 2.05) is 11.8 Å². The standard InChI is InChI=1S/C11H22N2O/c1-3-10(8-12)11(14)13-7-5-4-6-9(13)2/h9-10H,3-8,12H2,1-2H3. The second-order valence-corrected chi connectivity index (χ2v) is 4.22. The Kier molecular flexibility index (Phi) is 4.39. The van der Waals surface area contributed by atoms with Gasteiger partial charge in [0.15, 0.2) is 0 Å². The van der Waals surface area contributed by atoms with Crippen LogP contribution < -0.4 is 5.73 Å². The summed E-state index contributed by atoms with van der Waals surface area (Å²) in [4.78, 5) is 14.0. The predicted molar refractivity (Wildman–Crippen MR) is 57.9 cm³/mol. The first-order valence-corrected chi connectivity index (χ1v) is 5.71. The van der Waals surface area contributed by atoms with E-state index >= 15 is 0 Å². The van der Waals surface area contributed by atoms with Gasteiger partial charge < -0.3 is 10.6 Å². The number of hydrogen-bond acceptors (Lipinski definition) is 2. The maximum Gasteiger partial charge on any atom is 0.227 e. The third-order valence-electron chi connectivity index (χ3n) is 3.21. The average Bonchev–Trinajstić information content (AvgIpc) is 2.20. The summed E-state index contributed by atoms with van der Waals surface area (Å²) in [5, 5.41) is 0. The molecule has 0 bridgehead atoms. The van der Waals surface area contributed by atoms with Crippen molar-refractivity contribution in [1.29, 1.82) is 0 Å². The molecule has 0 saturated carbocycles. The van der Waals surface area contributed by atoms with Crippen LogP contribution in [0.4, 0.5) is 0 Å². The van der Waals surface area contributed by atoms with E-state index in [0.29, 0.717) is 12.6 Å². The fourth-order valence-corrected chi connectivity index (χ4v) is 2.10. The lowest BCUT2D eigenvalue weighted by atomic mass is 9.99. The molecule has 0 aliphatic carbocycles. The molecular formula is C11H22N2O. The maximum absolute atomic E-state index is 12.0. The Morgan fingerprint density at radius 2 is 2.29 bits per heavy atom. The highest BCUT2D eigenvalue weighted by Crippen LogP contribution is 2.19. The van der Waals surface area contributed by atoms with Crippen LogP contribution in [0.1, 0.15) is 39.5 Å². The fraction of sp³-hybridized carbons (Fsp3) is 0.909. The molecule has 0 radical (unpaired) electrons. The molecule has 14 heavy (non-hydrogen) atoms. The van der Waals surface area contributed by atoms with Gasteiger partial charge in [-0.2, -0.15) is 0 Å². The summed E-state index contributed by atoms with van der Waals surface area (Å²) < 4.78 is 0. The number of likely N-dealkylation sites (tertiary alicyclic amines) is 1. The van der Waals surface area contributed by atoms with Crippen LogP contribution in [-0.2, 0) is 4.79 Å². The second kappa shape index (κ2) is 5.35. The molecule has 2 unspecified atom stereocenters. The van der Waals surface area contributed by atoms with Crippen molar-refractivity contribution < 1.29 is 4.79 Å². The summed E-state index contributed by atoms with van der Waals surface area (Å²) >= 11 is 0. The highest BCUT2D eigenvalue weighted by molar-refractivity contribution is 5.79. The SMILES string of the molecule is CCC(CN)C(=O)N1CCCCC1C. The lowest BCUT2D eigenvalue weighted by Crippen LogP contribution is -2.46. The molecule has 2 N–H and O–H groups in total. The second-order valence-electron chi connectivity index (χ2n) is 4.22. The largest absolute Gasteiger partial charge is 0.340 e. The quantitative estimate of drug-likeness (QED) is 0.744. The van der Waals surface area contributed by atoms with Crippen LogP contribution in [0.5, 0.6) is 0 Å². The van der Waals surface area contributed by atoms with E-state index in [1.165, 1.54) is 6.42 Å². The van der Waals surface area contributed by atoms with E-state index < -0.39 is 0 Å². The molecule has 3 heteroatoms. The van der Waals surface area contributed by atoms with E-state index in [4.69, 9.17) is 5.73 Å². The molecule has 0 aromatic carbocycles. The molecule has 3 nitrogen and oxygen atoms in total. The van der Waals surface area contributed by atoms with Crippen LogP contribution in [-0.4, -0.2) is 29.9 Å². The highest BCUT2D eigenvalue weighted by Gasteiger charge is 2.27. The van der Waals surface area contributed by atoms with Gasteiger partial charge in [-0.25, -0.2) is 0 Å². The number of carbonyl (C=O) groups excluding carboxylic acids is 1. The van der Waals surface area contributed by atoms with Gasteiger partial charge >= 0.3 is 0 Å². The summed E-state index contributed by atoms with van der Waals surface area (Å²) in [5.41, 5.74) is 5.59. The van der Waals surface area contributed by atoms with Crippen molar-refractivity contribution >= 4 is 5.91 Å². The number of amides is 1. The number of nitrogens with two attached hydrogens (primary N) is 1. The van der Waals surface area contributed by atoms with E-state index in [1.54, 1.807) is 0 Å². The molecule has 1 saturated heterocycles. The predicted octanol–water partition coefficient (Wildman–Crippen LogP) is 1.37. The minimum Gasteiger partial charge on any atom is -0.340 e. The molecule has 0 spiro atoms. The minimum absolute atomic E-state index is 0.0375. The molecule has 82 valence electrons. The van der Waals surface area contributed by atoms with E-state index in [2.05, 4.69) is 6.92 Å². The highest BCUT2D eigenvalue weighted by atomic mass is 16.2. The van der Waals surface area contributed by atoms with Crippen LogP contribution in [0.15, 0.2) is 0 Å². The van der Waals surface area contributed by atoms with Crippen molar-refractivity contribution in [2.24, 2.45) is 11.7 Å². The molecule has 1 fully saturated rings. The Bertz CT molecular complexity index is 190. The molecule has 0 aromatic rings. The number of carbonyl (C=O) groups is 1. The third kappa shape index (κ3) is 2.47. The van der Waals surface area contributed by atoms with Gasteiger partial charge in [-0.1, -0.05) is 6.92 Å². The summed E-state index contributed by atoms with van der Waals surface area (Å²) in [6.45, 7) is 5.58. The number of hydrogen-bond donors (Lipinski definition) is 1. The number of nitrogens with zero attached hydrogens (tertiary/aromatic N) is 1. The molecule has 1 amide bonds. The van der Waals surface area contributed by atoms with Crippen LogP contribution in [0.25, 0.3) is 0 Å². The van der Waals surface area contributed by atoms with Crippen molar-refractivity contribution in [2.75, 3.05) is 13.1 Å². The minimum atomic E-state index is 0.0375. The monoisotopic (exact) mass is 198 g/mol. The number of rotatable bonds is 3. The van der Waals surface area contributed by atoms with Crippen molar-refractivity contribution in [3.8, 4) is 0 Å². The van der Waals surface area contributed by atoms with Gasteiger partial charge in [-0.15, -0.1) is 0 Å². The summed E-state index contributed by atoms with van der Waals surface area (Å²) in [6.07, 6.45) is 4.41. The first-order valence-electron chi connectivity index (χ1n) is 5.71. The zero-order valence-corrected chi connectivity index (χ0v) is 9.33. The molecule has 0 aromatic heterocycles. The molecular weight excluding hydrogens is 176 g/mol. The van der Waals surface area contributed by atoms with Crippen LogP contribution in [0.3, 0.4) is 0 Å².